The molecule has 2 aromatic heterocycles. The van der Waals surface area contributed by atoms with Gasteiger partial charge in [-0.25, -0.2) is 0 Å². The molecule has 0 bridgehead atoms. The van der Waals surface area contributed by atoms with Crippen LogP contribution in [0.4, 0.5) is 0 Å². The molecule has 3 rings (SSSR count). The molecule has 5 heteroatoms. The number of hydrogen-bond acceptors (Lipinski definition) is 3. The number of aromatic nitrogens is 2. The fourth-order valence-electron chi connectivity index (χ4n) is 2.84. The lowest BCUT2D eigenvalue weighted by Crippen LogP contribution is -2.25. The zero-order valence-corrected chi connectivity index (χ0v) is 12.2. The maximum atomic E-state index is 12.7. The van der Waals surface area contributed by atoms with Gasteiger partial charge in [-0.15, -0.1) is 11.3 Å². The Balaban J connectivity index is 2.35. The number of thiophene rings is 1. The Morgan fingerprint density at radius 2 is 2.00 bits per heavy atom. The maximum absolute atomic E-state index is 12.7. The first-order valence-corrected chi connectivity index (χ1v) is 7.56. The summed E-state index contributed by atoms with van der Waals surface area (Å²) in [7, 11) is 0. The van der Waals surface area contributed by atoms with Crippen LogP contribution in [-0.4, -0.2) is 9.55 Å². The van der Waals surface area contributed by atoms with Crippen LogP contribution in [0.1, 0.15) is 42.2 Å². The Kier molecular flexibility index (Phi) is 2.90. The van der Waals surface area contributed by atoms with E-state index in [0.717, 1.165) is 28.6 Å². The van der Waals surface area contributed by atoms with E-state index in [0.29, 0.717) is 10.8 Å². The smallest absolute Gasteiger partial charge is 0.263 e. The van der Waals surface area contributed by atoms with Gasteiger partial charge < -0.3 is 4.98 Å². The normalized spacial score (nSPS) is 16.8. The first-order chi connectivity index (χ1) is 8.59. The van der Waals surface area contributed by atoms with Crippen molar-refractivity contribution in [1.82, 2.24) is 9.55 Å². The molecule has 96 valence electrons. The third kappa shape index (κ3) is 1.68. The minimum absolute atomic E-state index is 0.0995. The van der Waals surface area contributed by atoms with Crippen molar-refractivity contribution in [3.8, 4) is 0 Å². The Labute approximate surface area is 114 Å². The highest BCUT2D eigenvalue weighted by Crippen LogP contribution is 2.31. The first-order valence-electron chi connectivity index (χ1n) is 6.34. The number of hydrogen-bond donors (Lipinski definition) is 1. The van der Waals surface area contributed by atoms with Crippen LogP contribution in [-0.2, 0) is 0 Å². The summed E-state index contributed by atoms with van der Waals surface area (Å²) in [6.07, 6.45) is 4.55. The van der Waals surface area contributed by atoms with Crippen LogP contribution in [0.15, 0.2) is 4.79 Å². The fraction of sp³-hybridized carbons (Fsp3) is 0.538. The van der Waals surface area contributed by atoms with E-state index in [9.17, 15) is 4.79 Å². The van der Waals surface area contributed by atoms with Gasteiger partial charge in [0.15, 0.2) is 4.77 Å². The molecule has 2 aromatic rings. The molecule has 0 amide bonds. The monoisotopic (exact) mass is 280 g/mol. The highest BCUT2D eigenvalue weighted by atomic mass is 32.1. The second-order valence-electron chi connectivity index (χ2n) is 5.03. The van der Waals surface area contributed by atoms with E-state index in [1.807, 2.05) is 11.5 Å². The topological polar surface area (TPSA) is 37.8 Å². The highest BCUT2D eigenvalue weighted by molar-refractivity contribution is 7.71. The average Bonchev–Trinajstić information content (AvgIpc) is 2.89. The lowest BCUT2D eigenvalue weighted by Gasteiger charge is -2.13. The minimum Gasteiger partial charge on any atom is -0.323 e. The molecule has 1 aliphatic rings. The summed E-state index contributed by atoms with van der Waals surface area (Å²) in [5, 5.41) is 0.831. The number of rotatable bonds is 1. The van der Waals surface area contributed by atoms with E-state index in [1.165, 1.54) is 17.7 Å². The molecule has 3 nitrogen and oxygen atoms in total. The molecule has 18 heavy (non-hydrogen) atoms. The van der Waals surface area contributed by atoms with Crippen molar-refractivity contribution < 1.29 is 0 Å². The van der Waals surface area contributed by atoms with Gasteiger partial charge in [0.1, 0.15) is 4.83 Å². The van der Waals surface area contributed by atoms with Crippen LogP contribution in [0.2, 0.25) is 0 Å². The zero-order chi connectivity index (χ0) is 12.9. The predicted molar refractivity (Wildman–Crippen MR) is 78.2 cm³/mol. The Morgan fingerprint density at radius 1 is 1.33 bits per heavy atom. The number of nitrogens with one attached hydrogen (secondary N) is 1. The molecule has 0 atom stereocenters. The largest absolute Gasteiger partial charge is 0.323 e. The Hall–Kier alpha value is -0.940. The van der Waals surface area contributed by atoms with Gasteiger partial charge in [-0.1, -0.05) is 12.8 Å². The minimum atomic E-state index is 0.0995. The third-order valence-corrected chi connectivity index (χ3v) is 5.37. The van der Waals surface area contributed by atoms with Gasteiger partial charge >= 0.3 is 0 Å². The van der Waals surface area contributed by atoms with Crippen LogP contribution >= 0.6 is 23.6 Å². The second-order valence-corrected chi connectivity index (χ2v) is 6.64. The number of nitrogens with zero attached hydrogens (tertiary/aromatic N) is 1. The SMILES string of the molecule is Cc1sc2[nH]c(=S)n(C3CCCC3)c(=O)c2c1C. The van der Waals surface area contributed by atoms with Gasteiger partial charge in [-0.2, -0.15) is 0 Å². The average molecular weight is 280 g/mol. The quantitative estimate of drug-likeness (QED) is 0.806. The van der Waals surface area contributed by atoms with E-state index in [-0.39, 0.29) is 5.56 Å². The molecule has 0 aliphatic heterocycles. The van der Waals surface area contributed by atoms with Crippen molar-refractivity contribution in [3.05, 3.63) is 25.6 Å². The van der Waals surface area contributed by atoms with Crippen LogP contribution < -0.4 is 5.56 Å². The summed E-state index contributed by atoms with van der Waals surface area (Å²) in [6, 6.07) is 0.297. The lowest BCUT2D eigenvalue weighted by atomic mass is 10.2. The van der Waals surface area contributed by atoms with Gasteiger partial charge in [-0.05, 0) is 44.5 Å². The molecule has 0 spiro atoms. The molecule has 0 aromatic carbocycles. The number of aryl methyl sites for hydroxylation is 2. The standard InChI is InChI=1S/C13H16N2OS2/c1-7-8(2)18-11-10(7)12(16)15(13(17)14-11)9-5-3-4-6-9/h9H,3-6H2,1-2H3,(H,14,17). The lowest BCUT2D eigenvalue weighted by molar-refractivity contribution is 0.493. The third-order valence-electron chi connectivity index (χ3n) is 3.95. The summed E-state index contributed by atoms with van der Waals surface area (Å²) in [5.41, 5.74) is 1.19. The van der Waals surface area contributed by atoms with Crippen LogP contribution in [0.25, 0.3) is 10.2 Å². The van der Waals surface area contributed by atoms with E-state index in [4.69, 9.17) is 12.2 Å². The summed E-state index contributed by atoms with van der Waals surface area (Å²) in [4.78, 5) is 18.0. The first kappa shape index (κ1) is 12.1. The van der Waals surface area contributed by atoms with Crippen molar-refractivity contribution in [1.29, 1.82) is 0 Å². The number of H-pyrrole nitrogens is 1. The predicted octanol–water partition coefficient (Wildman–Crippen LogP) is 3.85. The summed E-state index contributed by atoms with van der Waals surface area (Å²) >= 11 is 6.99. The number of fused-ring (bicyclic) bond motifs is 1. The van der Waals surface area contributed by atoms with E-state index >= 15 is 0 Å². The van der Waals surface area contributed by atoms with Crippen molar-refractivity contribution in [2.24, 2.45) is 0 Å². The fourth-order valence-corrected chi connectivity index (χ4v) is 4.29. The van der Waals surface area contributed by atoms with Crippen molar-refractivity contribution in [3.63, 3.8) is 0 Å². The summed E-state index contributed by atoms with van der Waals surface area (Å²) in [6.45, 7) is 4.07. The molecular weight excluding hydrogens is 264 g/mol. The molecule has 1 aliphatic carbocycles. The molecule has 0 unspecified atom stereocenters. The molecule has 0 saturated heterocycles. The molecular formula is C13H16N2OS2. The maximum Gasteiger partial charge on any atom is 0.263 e. The number of aromatic amines is 1. The van der Waals surface area contributed by atoms with Gasteiger partial charge in [0.2, 0.25) is 0 Å². The van der Waals surface area contributed by atoms with Gasteiger partial charge in [-0.3, -0.25) is 9.36 Å². The van der Waals surface area contributed by atoms with Crippen molar-refractivity contribution >= 4 is 33.8 Å². The molecule has 2 heterocycles. The van der Waals surface area contributed by atoms with Gasteiger partial charge in [0.25, 0.3) is 5.56 Å². The zero-order valence-electron chi connectivity index (χ0n) is 10.6. The molecule has 0 radical (unpaired) electrons. The molecule has 1 saturated carbocycles. The molecule has 1 fully saturated rings. The van der Waals surface area contributed by atoms with E-state index < -0.39 is 0 Å². The Morgan fingerprint density at radius 3 is 2.67 bits per heavy atom. The van der Waals surface area contributed by atoms with Crippen LogP contribution in [0, 0.1) is 18.6 Å². The Bertz CT molecular complexity index is 717. The summed E-state index contributed by atoms with van der Waals surface area (Å²) < 4.78 is 2.39. The molecule has 1 N–H and O–H groups in total. The highest BCUT2D eigenvalue weighted by Gasteiger charge is 2.21. The van der Waals surface area contributed by atoms with E-state index in [1.54, 1.807) is 11.3 Å². The van der Waals surface area contributed by atoms with Crippen molar-refractivity contribution in [2.45, 2.75) is 45.6 Å². The van der Waals surface area contributed by atoms with Gasteiger partial charge in [0, 0.05) is 10.9 Å². The second kappa shape index (κ2) is 4.31. The van der Waals surface area contributed by atoms with Crippen LogP contribution in [0.5, 0.6) is 0 Å². The van der Waals surface area contributed by atoms with Crippen LogP contribution in [0.3, 0.4) is 0 Å². The summed E-state index contributed by atoms with van der Waals surface area (Å²) in [5.74, 6) is 0. The van der Waals surface area contributed by atoms with Crippen molar-refractivity contribution in [2.75, 3.05) is 0 Å². The van der Waals surface area contributed by atoms with E-state index in [2.05, 4.69) is 11.9 Å². The van der Waals surface area contributed by atoms with Gasteiger partial charge in [0.05, 0.1) is 5.39 Å².